The van der Waals surface area contributed by atoms with E-state index in [2.05, 4.69) is 36.0 Å². The van der Waals surface area contributed by atoms with Crippen LogP contribution in [0.15, 0.2) is 0 Å². The highest BCUT2D eigenvalue weighted by Crippen LogP contribution is 2.22. The summed E-state index contributed by atoms with van der Waals surface area (Å²) in [5.74, 6) is -0.101. The molecule has 1 saturated heterocycles. The third-order valence-electron chi connectivity index (χ3n) is 4.42. The number of nitrogens with one attached hydrogen (secondary N) is 1. The van der Waals surface area contributed by atoms with Gasteiger partial charge in [0.05, 0.1) is 6.61 Å². The number of esters is 1. The van der Waals surface area contributed by atoms with E-state index in [0.717, 1.165) is 26.2 Å². The summed E-state index contributed by atoms with van der Waals surface area (Å²) in [6.45, 7) is 10.6. The van der Waals surface area contributed by atoms with Crippen LogP contribution in [0.25, 0.3) is 0 Å². The predicted molar refractivity (Wildman–Crippen MR) is 79.7 cm³/mol. The number of carbonyl (C=O) groups is 1. The fraction of sp³-hybridized carbons (Fsp3) is 0.933. The first kappa shape index (κ1) is 15.7. The molecular formula is C15H29N3O2. The normalized spacial score (nSPS) is 25.4. The quantitative estimate of drug-likeness (QED) is 0.727. The SMILES string of the molecule is CCOC(=O)C(CN1CCN(C)C(C)(C)C1)NC1CC1. The average molecular weight is 283 g/mol. The van der Waals surface area contributed by atoms with Gasteiger partial charge < -0.3 is 10.1 Å². The zero-order valence-corrected chi connectivity index (χ0v) is 13.3. The van der Waals surface area contributed by atoms with E-state index in [0.29, 0.717) is 12.6 Å². The van der Waals surface area contributed by atoms with E-state index in [9.17, 15) is 4.79 Å². The zero-order chi connectivity index (χ0) is 14.8. The van der Waals surface area contributed by atoms with Gasteiger partial charge in [-0.1, -0.05) is 0 Å². The second-order valence-corrected chi connectivity index (χ2v) is 6.71. The molecule has 1 aliphatic carbocycles. The fourth-order valence-electron chi connectivity index (χ4n) is 2.73. The lowest BCUT2D eigenvalue weighted by Crippen LogP contribution is -2.60. The lowest BCUT2D eigenvalue weighted by atomic mass is 9.99. The molecule has 116 valence electrons. The first-order valence-electron chi connectivity index (χ1n) is 7.78. The summed E-state index contributed by atoms with van der Waals surface area (Å²) in [6, 6.07) is 0.339. The number of nitrogens with zero attached hydrogens (tertiary/aromatic N) is 2. The fourth-order valence-corrected chi connectivity index (χ4v) is 2.73. The van der Waals surface area contributed by atoms with Crippen molar-refractivity contribution in [3.05, 3.63) is 0 Å². The second kappa shape index (κ2) is 6.41. The minimum absolute atomic E-state index is 0.101. The van der Waals surface area contributed by atoms with Gasteiger partial charge in [-0.25, -0.2) is 0 Å². The number of ether oxygens (including phenoxy) is 1. The molecule has 0 aromatic rings. The third kappa shape index (κ3) is 4.17. The predicted octanol–water partition coefficient (Wildman–Crippen LogP) is 0.696. The van der Waals surface area contributed by atoms with Crippen LogP contribution in [0.4, 0.5) is 0 Å². The Morgan fingerprint density at radius 1 is 1.40 bits per heavy atom. The minimum Gasteiger partial charge on any atom is -0.465 e. The summed E-state index contributed by atoms with van der Waals surface area (Å²) in [4.78, 5) is 16.9. The van der Waals surface area contributed by atoms with E-state index < -0.39 is 0 Å². The molecular weight excluding hydrogens is 254 g/mol. The van der Waals surface area contributed by atoms with Gasteiger partial charge in [0.2, 0.25) is 0 Å². The molecule has 1 heterocycles. The number of hydrogen-bond donors (Lipinski definition) is 1. The molecule has 0 aromatic carbocycles. The van der Waals surface area contributed by atoms with Crippen molar-refractivity contribution in [1.82, 2.24) is 15.1 Å². The number of piperazine rings is 1. The summed E-state index contributed by atoms with van der Waals surface area (Å²) in [6.07, 6.45) is 2.37. The Kier molecular flexibility index (Phi) is 5.04. The molecule has 2 rings (SSSR count). The van der Waals surface area contributed by atoms with Crippen LogP contribution >= 0.6 is 0 Å². The van der Waals surface area contributed by atoms with Gasteiger partial charge >= 0.3 is 5.97 Å². The van der Waals surface area contributed by atoms with Crippen molar-refractivity contribution in [2.75, 3.05) is 39.8 Å². The molecule has 1 unspecified atom stereocenters. The summed E-state index contributed by atoms with van der Waals surface area (Å²) in [5, 5.41) is 3.43. The highest BCUT2D eigenvalue weighted by Gasteiger charge is 2.35. The van der Waals surface area contributed by atoms with Crippen LogP contribution in [-0.2, 0) is 9.53 Å². The van der Waals surface area contributed by atoms with Crippen molar-refractivity contribution in [2.24, 2.45) is 0 Å². The molecule has 1 aliphatic heterocycles. The lowest BCUT2D eigenvalue weighted by molar-refractivity contribution is -0.146. The Morgan fingerprint density at radius 2 is 2.10 bits per heavy atom. The summed E-state index contributed by atoms with van der Waals surface area (Å²) < 4.78 is 5.21. The van der Waals surface area contributed by atoms with Gasteiger partial charge in [-0.2, -0.15) is 0 Å². The van der Waals surface area contributed by atoms with Crippen molar-refractivity contribution in [3.8, 4) is 0 Å². The molecule has 1 N–H and O–H groups in total. The maximum Gasteiger partial charge on any atom is 0.324 e. The highest BCUT2D eigenvalue weighted by molar-refractivity contribution is 5.76. The van der Waals surface area contributed by atoms with Crippen LogP contribution in [0.3, 0.4) is 0 Å². The van der Waals surface area contributed by atoms with Crippen molar-refractivity contribution in [3.63, 3.8) is 0 Å². The van der Waals surface area contributed by atoms with Crippen molar-refractivity contribution >= 4 is 5.97 Å². The van der Waals surface area contributed by atoms with Gasteiger partial charge in [0.15, 0.2) is 0 Å². The summed E-state index contributed by atoms with van der Waals surface area (Å²) in [5.41, 5.74) is 0.164. The Hall–Kier alpha value is -0.650. The third-order valence-corrected chi connectivity index (χ3v) is 4.42. The van der Waals surface area contributed by atoms with E-state index >= 15 is 0 Å². The van der Waals surface area contributed by atoms with Crippen LogP contribution < -0.4 is 5.32 Å². The Labute approximate surface area is 122 Å². The average Bonchev–Trinajstić information content (AvgIpc) is 3.17. The Balaban J connectivity index is 1.91. The monoisotopic (exact) mass is 283 g/mol. The van der Waals surface area contributed by atoms with E-state index in [-0.39, 0.29) is 17.6 Å². The summed E-state index contributed by atoms with van der Waals surface area (Å²) in [7, 11) is 2.17. The molecule has 5 nitrogen and oxygen atoms in total. The van der Waals surface area contributed by atoms with Gasteiger partial charge in [0.25, 0.3) is 0 Å². The standard InChI is InChI=1S/C15H29N3O2/c1-5-20-14(19)13(16-12-6-7-12)10-18-9-8-17(4)15(2,3)11-18/h12-13,16H,5-11H2,1-4H3. The Morgan fingerprint density at radius 3 is 2.65 bits per heavy atom. The van der Waals surface area contributed by atoms with E-state index in [1.807, 2.05) is 6.92 Å². The highest BCUT2D eigenvalue weighted by atomic mass is 16.5. The summed E-state index contributed by atoms with van der Waals surface area (Å²) >= 11 is 0. The molecule has 5 heteroatoms. The zero-order valence-electron chi connectivity index (χ0n) is 13.3. The van der Waals surface area contributed by atoms with Gasteiger partial charge in [-0.3, -0.25) is 14.6 Å². The lowest BCUT2D eigenvalue weighted by Gasteiger charge is -2.46. The molecule has 20 heavy (non-hydrogen) atoms. The van der Waals surface area contributed by atoms with Crippen molar-refractivity contribution in [1.29, 1.82) is 0 Å². The van der Waals surface area contributed by atoms with Crippen LogP contribution in [0.1, 0.15) is 33.6 Å². The minimum atomic E-state index is -0.179. The molecule has 2 aliphatic rings. The van der Waals surface area contributed by atoms with Gasteiger partial charge in [-0.05, 0) is 40.7 Å². The Bertz CT molecular complexity index is 342. The molecule has 0 radical (unpaired) electrons. The van der Waals surface area contributed by atoms with Crippen molar-refractivity contribution in [2.45, 2.75) is 51.2 Å². The van der Waals surface area contributed by atoms with Crippen LogP contribution in [-0.4, -0.2) is 73.2 Å². The van der Waals surface area contributed by atoms with Crippen LogP contribution in [0.2, 0.25) is 0 Å². The molecule has 2 fully saturated rings. The molecule has 0 aromatic heterocycles. The molecule has 0 bridgehead atoms. The van der Waals surface area contributed by atoms with Gasteiger partial charge in [0.1, 0.15) is 6.04 Å². The van der Waals surface area contributed by atoms with Crippen LogP contribution in [0.5, 0.6) is 0 Å². The number of hydrogen-bond acceptors (Lipinski definition) is 5. The maximum atomic E-state index is 12.1. The number of rotatable bonds is 6. The van der Waals surface area contributed by atoms with Gasteiger partial charge in [0, 0.05) is 37.8 Å². The number of likely N-dealkylation sites (N-methyl/N-ethyl adjacent to an activating group) is 1. The number of carbonyl (C=O) groups excluding carboxylic acids is 1. The first-order valence-corrected chi connectivity index (χ1v) is 7.78. The molecule has 1 saturated carbocycles. The van der Waals surface area contributed by atoms with Gasteiger partial charge in [-0.15, -0.1) is 0 Å². The van der Waals surface area contributed by atoms with Crippen LogP contribution in [0, 0.1) is 0 Å². The van der Waals surface area contributed by atoms with Crippen molar-refractivity contribution < 1.29 is 9.53 Å². The molecule has 0 spiro atoms. The second-order valence-electron chi connectivity index (χ2n) is 6.71. The van der Waals surface area contributed by atoms with E-state index in [1.54, 1.807) is 0 Å². The first-order chi connectivity index (χ1) is 9.42. The molecule has 1 atom stereocenters. The topological polar surface area (TPSA) is 44.8 Å². The smallest absolute Gasteiger partial charge is 0.324 e. The van der Waals surface area contributed by atoms with E-state index in [4.69, 9.17) is 4.74 Å². The molecule has 0 amide bonds. The largest absolute Gasteiger partial charge is 0.465 e. The maximum absolute atomic E-state index is 12.1. The van der Waals surface area contributed by atoms with E-state index in [1.165, 1.54) is 12.8 Å².